The van der Waals surface area contributed by atoms with E-state index in [-0.39, 0.29) is 16.9 Å². The summed E-state index contributed by atoms with van der Waals surface area (Å²) < 4.78 is 37.4. The van der Waals surface area contributed by atoms with Crippen molar-refractivity contribution in [3.05, 3.63) is 42.2 Å². The predicted molar refractivity (Wildman–Crippen MR) is 110 cm³/mol. The van der Waals surface area contributed by atoms with Gasteiger partial charge < -0.3 is 14.4 Å². The molecule has 1 amide bonds. The lowest BCUT2D eigenvalue weighted by Gasteiger charge is -2.19. The monoisotopic (exact) mass is 434 g/mol. The summed E-state index contributed by atoms with van der Waals surface area (Å²) in [5.74, 6) is 0.544. The van der Waals surface area contributed by atoms with Crippen molar-refractivity contribution in [2.45, 2.75) is 31.3 Å². The van der Waals surface area contributed by atoms with Gasteiger partial charge in [-0.3, -0.25) is 9.78 Å². The van der Waals surface area contributed by atoms with Crippen molar-refractivity contribution in [1.29, 1.82) is 0 Å². The number of methoxy groups -OCH3 is 1. The average molecular weight is 435 g/mol. The molecule has 1 atom stereocenters. The van der Waals surface area contributed by atoms with Crippen LogP contribution in [0, 0.1) is 0 Å². The standard InChI is InChI=1S/C20H26N4O5S/c1-4-24(5-2)30(26,27)17-8-6-15(7-9-17)20(25)23-11-10-16(14-23)29-19-13-21-12-18(22-19)28-3/h6-9,12-13,16H,4-5,10-11,14H2,1-3H3. The van der Waals surface area contributed by atoms with Crippen molar-refractivity contribution in [1.82, 2.24) is 19.2 Å². The van der Waals surface area contributed by atoms with Crippen LogP contribution < -0.4 is 9.47 Å². The molecule has 1 fully saturated rings. The van der Waals surface area contributed by atoms with Crippen molar-refractivity contribution < 1.29 is 22.7 Å². The third kappa shape index (κ3) is 4.71. The first-order valence-corrected chi connectivity index (χ1v) is 11.2. The van der Waals surface area contributed by atoms with Gasteiger partial charge in [0.05, 0.1) is 30.9 Å². The molecule has 1 aliphatic rings. The Hall–Kier alpha value is -2.72. The van der Waals surface area contributed by atoms with Crippen LogP contribution in [0.3, 0.4) is 0 Å². The Balaban J connectivity index is 1.64. The fraction of sp³-hybridized carbons (Fsp3) is 0.450. The summed E-state index contributed by atoms with van der Waals surface area (Å²) in [6.45, 7) is 5.33. The number of hydrogen-bond acceptors (Lipinski definition) is 7. The lowest BCUT2D eigenvalue weighted by atomic mass is 10.2. The summed E-state index contributed by atoms with van der Waals surface area (Å²) >= 11 is 0. The first-order chi connectivity index (χ1) is 14.4. The second-order valence-electron chi connectivity index (χ2n) is 6.79. The minimum absolute atomic E-state index is 0.162. The third-order valence-corrected chi connectivity index (χ3v) is 7.03. The van der Waals surface area contributed by atoms with E-state index in [0.717, 1.165) is 0 Å². The van der Waals surface area contributed by atoms with E-state index in [2.05, 4.69) is 9.97 Å². The van der Waals surface area contributed by atoms with Crippen LogP contribution >= 0.6 is 0 Å². The maximum atomic E-state index is 12.8. The van der Waals surface area contributed by atoms with Crippen LogP contribution in [0.2, 0.25) is 0 Å². The van der Waals surface area contributed by atoms with E-state index in [1.807, 2.05) is 0 Å². The number of hydrogen-bond donors (Lipinski definition) is 0. The van der Waals surface area contributed by atoms with Crippen molar-refractivity contribution in [2.24, 2.45) is 0 Å². The van der Waals surface area contributed by atoms with Crippen LogP contribution in [0.15, 0.2) is 41.6 Å². The Morgan fingerprint density at radius 3 is 2.47 bits per heavy atom. The van der Waals surface area contributed by atoms with E-state index >= 15 is 0 Å². The largest absolute Gasteiger partial charge is 0.480 e. The quantitative estimate of drug-likeness (QED) is 0.624. The number of sulfonamides is 1. The number of aromatic nitrogens is 2. The first kappa shape index (κ1) is 22.0. The molecule has 0 bridgehead atoms. The lowest BCUT2D eigenvalue weighted by Crippen LogP contribution is -2.31. The van der Waals surface area contributed by atoms with Gasteiger partial charge in [0.15, 0.2) is 0 Å². The number of likely N-dealkylation sites (tertiary alicyclic amines) is 1. The smallest absolute Gasteiger partial charge is 0.253 e. The van der Waals surface area contributed by atoms with E-state index in [9.17, 15) is 13.2 Å². The summed E-state index contributed by atoms with van der Waals surface area (Å²) in [6, 6.07) is 6.08. The van der Waals surface area contributed by atoms with Crippen LogP contribution in [0.4, 0.5) is 0 Å². The van der Waals surface area contributed by atoms with Gasteiger partial charge in [0.1, 0.15) is 6.10 Å². The van der Waals surface area contributed by atoms with E-state index in [0.29, 0.717) is 49.9 Å². The molecule has 3 rings (SSSR count). The molecule has 162 valence electrons. The fourth-order valence-corrected chi connectivity index (χ4v) is 4.79. The highest BCUT2D eigenvalue weighted by molar-refractivity contribution is 7.89. The van der Waals surface area contributed by atoms with Gasteiger partial charge in [0.2, 0.25) is 21.8 Å². The number of carbonyl (C=O) groups is 1. The zero-order valence-electron chi connectivity index (χ0n) is 17.3. The first-order valence-electron chi connectivity index (χ1n) is 9.81. The summed E-state index contributed by atoms with van der Waals surface area (Å²) in [5, 5.41) is 0. The van der Waals surface area contributed by atoms with Gasteiger partial charge in [-0.25, -0.2) is 8.42 Å². The van der Waals surface area contributed by atoms with Crippen molar-refractivity contribution >= 4 is 15.9 Å². The number of ether oxygens (including phenoxy) is 2. The molecule has 0 N–H and O–H groups in total. The molecular formula is C20H26N4O5S. The van der Waals surface area contributed by atoms with Gasteiger partial charge in [-0.05, 0) is 24.3 Å². The zero-order valence-corrected chi connectivity index (χ0v) is 18.1. The number of carbonyl (C=O) groups excluding carboxylic acids is 1. The van der Waals surface area contributed by atoms with E-state index in [1.165, 1.54) is 35.9 Å². The molecule has 1 saturated heterocycles. The van der Waals surface area contributed by atoms with E-state index < -0.39 is 10.0 Å². The third-order valence-electron chi connectivity index (χ3n) is 4.96. The molecule has 0 spiro atoms. The minimum atomic E-state index is -3.55. The molecule has 10 heteroatoms. The Bertz CT molecular complexity index is 977. The molecular weight excluding hydrogens is 408 g/mol. The van der Waals surface area contributed by atoms with Crippen LogP contribution in [-0.4, -0.2) is 72.9 Å². The van der Waals surface area contributed by atoms with E-state index in [1.54, 1.807) is 30.9 Å². The van der Waals surface area contributed by atoms with Crippen molar-refractivity contribution in [3.8, 4) is 11.8 Å². The number of rotatable bonds is 8. The van der Waals surface area contributed by atoms with Crippen LogP contribution in [0.5, 0.6) is 11.8 Å². The summed E-state index contributed by atoms with van der Waals surface area (Å²) in [7, 11) is -2.04. The Labute approximate surface area is 176 Å². The molecule has 0 saturated carbocycles. The highest BCUT2D eigenvalue weighted by Gasteiger charge is 2.29. The lowest BCUT2D eigenvalue weighted by molar-refractivity contribution is 0.0770. The molecule has 0 aliphatic carbocycles. The number of amides is 1. The van der Waals surface area contributed by atoms with Crippen molar-refractivity contribution in [2.75, 3.05) is 33.3 Å². The molecule has 2 heterocycles. The van der Waals surface area contributed by atoms with Crippen LogP contribution in [0.1, 0.15) is 30.6 Å². The predicted octanol–water partition coefficient (Wildman–Crippen LogP) is 1.81. The van der Waals surface area contributed by atoms with Gasteiger partial charge in [-0.1, -0.05) is 13.8 Å². The second kappa shape index (κ2) is 9.40. The highest BCUT2D eigenvalue weighted by atomic mass is 32.2. The van der Waals surface area contributed by atoms with Crippen LogP contribution in [0.25, 0.3) is 0 Å². The van der Waals surface area contributed by atoms with Crippen LogP contribution in [-0.2, 0) is 10.0 Å². The van der Waals surface area contributed by atoms with Gasteiger partial charge in [0, 0.05) is 31.6 Å². The number of benzene rings is 1. The average Bonchev–Trinajstić information content (AvgIpc) is 3.22. The zero-order chi connectivity index (χ0) is 21.7. The Morgan fingerprint density at radius 1 is 1.17 bits per heavy atom. The molecule has 1 aliphatic heterocycles. The highest BCUT2D eigenvalue weighted by Crippen LogP contribution is 2.21. The molecule has 1 aromatic heterocycles. The van der Waals surface area contributed by atoms with E-state index in [4.69, 9.17) is 9.47 Å². The Morgan fingerprint density at radius 2 is 1.83 bits per heavy atom. The summed E-state index contributed by atoms with van der Waals surface area (Å²) in [4.78, 5) is 22.9. The fourth-order valence-electron chi connectivity index (χ4n) is 3.33. The summed E-state index contributed by atoms with van der Waals surface area (Å²) in [5.41, 5.74) is 0.440. The SMILES string of the molecule is CCN(CC)S(=O)(=O)c1ccc(C(=O)N2CCC(Oc3cncc(OC)n3)C2)cc1. The van der Waals surface area contributed by atoms with Gasteiger partial charge in [-0.15, -0.1) is 0 Å². The van der Waals surface area contributed by atoms with Gasteiger partial charge in [0.25, 0.3) is 5.91 Å². The van der Waals surface area contributed by atoms with Crippen molar-refractivity contribution in [3.63, 3.8) is 0 Å². The van der Waals surface area contributed by atoms with Gasteiger partial charge in [-0.2, -0.15) is 9.29 Å². The second-order valence-corrected chi connectivity index (χ2v) is 8.73. The molecule has 2 aromatic rings. The maximum Gasteiger partial charge on any atom is 0.253 e. The minimum Gasteiger partial charge on any atom is -0.480 e. The van der Waals surface area contributed by atoms with Gasteiger partial charge >= 0.3 is 0 Å². The summed E-state index contributed by atoms with van der Waals surface area (Å²) in [6.07, 6.45) is 3.46. The molecule has 30 heavy (non-hydrogen) atoms. The molecule has 0 radical (unpaired) electrons. The normalized spacial score (nSPS) is 16.7. The number of nitrogens with zero attached hydrogens (tertiary/aromatic N) is 4. The Kier molecular flexibility index (Phi) is 6.88. The topological polar surface area (TPSA) is 102 Å². The molecule has 1 unspecified atom stereocenters. The molecule has 1 aromatic carbocycles. The maximum absolute atomic E-state index is 12.8. The molecule has 9 nitrogen and oxygen atoms in total.